The molecule has 1 atom stereocenters. The van der Waals surface area contributed by atoms with Crippen molar-refractivity contribution in [2.75, 3.05) is 26.2 Å². The summed E-state index contributed by atoms with van der Waals surface area (Å²) in [6.07, 6.45) is 6.80. The number of piperidine rings is 1. The van der Waals surface area contributed by atoms with Gasteiger partial charge in [-0.25, -0.2) is 0 Å². The topological polar surface area (TPSA) is 39.4 Å². The molecule has 4 nitrogen and oxygen atoms in total. The Morgan fingerprint density at radius 2 is 1.83 bits per heavy atom. The molecule has 1 fully saturated rings. The maximum Gasteiger partial charge on any atom is 0.180 e. The third kappa shape index (κ3) is 4.71. The molecule has 4 heteroatoms. The molecule has 0 radical (unpaired) electrons. The maximum atomic E-state index is 11.1. The fourth-order valence-electron chi connectivity index (χ4n) is 3.32. The monoisotopic (exact) mass is 326 g/mol. The summed E-state index contributed by atoms with van der Waals surface area (Å²) in [5.41, 5.74) is 2.12. The van der Waals surface area contributed by atoms with Gasteiger partial charge in [0.2, 0.25) is 0 Å². The van der Waals surface area contributed by atoms with Crippen LogP contribution in [0.3, 0.4) is 0 Å². The van der Waals surface area contributed by atoms with E-state index in [2.05, 4.69) is 11.8 Å². The summed E-state index contributed by atoms with van der Waals surface area (Å²) < 4.78 is 6.65. The highest BCUT2D eigenvalue weighted by Crippen LogP contribution is 2.21. The number of nitrogens with zero attached hydrogens (tertiary/aromatic N) is 2. The van der Waals surface area contributed by atoms with Crippen molar-refractivity contribution in [2.24, 2.45) is 5.92 Å². The Kier molecular flexibility index (Phi) is 5.70. The van der Waals surface area contributed by atoms with Crippen LogP contribution in [0.1, 0.15) is 26.2 Å². The van der Waals surface area contributed by atoms with Crippen molar-refractivity contribution in [3.05, 3.63) is 54.0 Å². The Morgan fingerprint density at radius 1 is 1.12 bits per heavy atom. The van der Waals surface area contributed by atoms with Crippen LogP contribution in [-0.2, 0) is 0 Å². The first kappa shape index (κ1) is 16.8. The van der Waals surface area contributed by atoms with Gasteiger partial charge >= 0.3 is 0 Å². The second-order valence-corrected chi connectivity index (χ2v) is 6.72. The van der Waals surface area contributed by atoms with Crippen LogP contribution < -0.4 is 9.47 Å². The van der Waals surface area contributed by atoms with Gasteiger partial charge in [0.15, 0.2) is 12.4 Å². The van der Waals surface area contributed by atoms with E-state index in [1.165, 1.54) is 38.3 Å². The van der Waals surface area contributed by atoms with Crippen LogP contribution in [0.4, 0.5) is 0 Å². The molecule has 128 valence electrons. The van der Waals surface area contributed by atoms with Crippen molar-refractivity contribution in [2.45, 2.75) is 26.2 Å². The van der Waals surface area contributed by atoms with Gasteiger partial charge in [0.1, 0.15) is 5.75 Å². The zero-order chi connectivity index (χ0) is 16.8. The summed E-state index contributed by atoms with van der Waals surface area (Å²) in [6, 6.07) is 11.7. The minimum atomic E-state index is 0.756. The number of pyridine rings is 1. The molecule has 2 aromatic rings. The van der Waals surface area contributed by atoms with E-state index in [1.807, 2.05) is 36.4 Å². The summed E-state index contributed by atoms with van der Waals surface area (Å²) in [5.74, 6) is 1.74. The van der Waals surface area contributed by atoms with E-state index in [-0.39, 0.29) is 0 Å². The second-order valence-electron chi connectivity index (χ2n) is 6.72. The van der Waals surface area contributed by atoms with Crippen molar-refractivity contribution < 1.29 is 9.47 Å². The van der Waals surface area contributed by atoms with Gasteiger partial charge in [-0.15, -0.1) is 0 Å². The third-order valence-corrected chi connectivity index (χ3v) is 4.62. The normalized spacial score (nSPS) is 18.5. The molecule has 1 aromatic carbocycles. The van der Waals surface area contributed by atoms with E-state index in [0.717, 1.165) is 47.1 Å². The average Bonchev–Trinajstić information content (AvgIpc) is 2.60. The van der Waals surface area contributed by atoms with Crippen LogP contribution in [0.25, 0.3) is 11.1 Å². The number of hydrogen-bond acceptors (Lipinski definition) is 3. The van der Waals surface area contributed by atoms with Crippen LogP contribution in [0.15, 0.2) is 48.8 Å². The van der Waals surface area contributed by atoms with Gasteiger partial charge in [0, 0.05) is 25.2 Å². The Labute approximate surface area is 144 Å². The molecular formula is C20H26N2O2. The molecule has 0 saturated carbocycles. The van der Waals surface area contributed by atoms with Crippen molar-refractivity contribution in [3.63, 3.8) is 0 Å². The van der Waals surface area contributed by atoms with E-state index in [9.17, 15) is 5.21 Å². The van der Waals surface area contributed by atoms with Gasteiger partial charge in [0.25, 0.3) is 0 Å². The molecule has 1 aromatic heterocycles. The van der Waals surface area contributed by atoms with Crippen molar-refractivity contribution in [1.29, 1.82) is 0 Å². The lowest BCUT2D eigenvalue weighted by Gasteiger charge is -2.30. The van der Waals surface area contributed by atoms with Crippen LogP contribution in [0.5, 0.6) is 5.75 Å². The van der Waals surface area contributed by atoms with Gasteiger partial charge in [-0.3, -0.25) is 0 Å². The average molecular weight is 326 g/mol. The van der Waals surface area contributed by atoms with Crippen LogP contribution in [0, 0.1) is 11.1 Å². The second kappa shape index (κ2) is 8.15. The van der Waals surface area contributed by atoms with Gasteiger partial charge in [-0.1, -0.05) is 19.1 Å². The van der Waals surface area contributed by atoms with Gasteiger partial charge in [0.05, 0.1) is 6.61 Å². The maximum absolute atomic E-state index is 11.1. The Bertz CT molecular complexity index is 625. The molecule has 1 aliphatic rings. The highest BCUT2D eigenvalue weighted by molar-refractivity contribution is 5.63. The minimum Gasteiger partial charge on any atom is -0.619 e. The Hall–Kier alpha value is -2.07. The van der Waals surface area contributed by atoms with Crippen LogP contribution in [-0.4, -0.2) is 31.1 Å². The molecule has 24 heavy (non-hydrogen) atoms. The highest BCUT2D eigenvalue weighted by Gasteiger charge is 2.15. The van der Waals surface area contributed by atoms with Gasteiger partial charge in [-0.05, 0) is 55.0 Å². The van der Waals surface area contributed by atoms with Crippen molar-refractivity contribution in [3.8, 4) is 16.9 Å². The Balaban J connectivity index is 1.43. The van der Waals surface area contributed by atoms with E-state index < -0.39 is 0 Å². The molecule has 0 spiro atoms. The first-order valence-electron chi connectivity index (χ1n) is 8.85. The fourth-order valence-corrected chi connectivity index (χ4v) is 3.32. The summed E-state index contributed by atoms with van der Waals surface area (Å²) in [6.45, 7) is 6.69. The molecular weight excluding hydrogens is 300 g/mol. The molecule has 0 N–H and O–H groups in total. The first-order valence-corrected chi connectivity index (χ1v) is 8.85. The standard InChI is InChI=1S/C20H26N2O2/c1-17-4-2-11-21(16-17)12-3-15-24-20-7-5-18(6-8-20)19-9-13-22(23)14-10-19/h5-10,13-14,17H,2-4,11-12,15-16H2,1H3. The Morgan fingerprint density at radius 3 is 2.54 bits per heavy atom. The predicted molar refractivity (Wildman–Crippen MR) is 95.8 cm³/mol. The number of rotatable bonds is 6. The summed E-state index contributed by atoms with van der Waals surface area (Å²) in [7, 11) is 0. The van der Waals surface area contributed by atoms with Crippen LogP contribution in [0.2, 0.25) is 0 Å². The quantitative estimate of drug-likeness (QED) is 0.463. The van der Waals surface area contributed by atoms with Crippen molar-refractivity contribution in [1.82, 2.24) is 4.90 Å². The molecule has 3 rings (SSSR count). The number of hydrogen-bond donors (Lipinski definition) is 0. The van der Waals surface area contributed by atoms with E-state index in [0.29, 0.717) is 0 Å². The fraction of sp³-hybridized carbons (Fsp3) is 0.450. The summed E-state index contributed by atoms with van der Waals surface area (Å²) >= 11 is 0. The predicted octanol–water partition coefficient (Wildman–Crippen LogP) is 3.49. The highest BCUT2D eigenvalue weighted by atomic mass is 16.5. The van der Waals surface area contributed by atoms with Crippen LogP contribution >= 0.6 is 0 Å². The number of benzene rings is 1. The molecule has 0 aliphatic carbocycles. The van der Waals surface area contributed by atoms with E-state index in [4.69, 9.17) is 4.74 Å². The third-order valence-electron chi connectivity index (χ3n) is 4.62. The molecule has 1 saturated heterocycles. The van der Waals surface area contributed by atoms with E-state index >= 15 is 0 Å². The minimum absolute atomic E-state index is 0.756. The molecule has 2 heterocycles. The van der Waals surface area contributed by atoms with Crippen molar-refractivity contribution >= 4 is 0 Å². The van der Waals surface area contributed by atoms with Gasteiger partial charge < -0.3 is 14.8 Å². The summed E-state index contributed by atoms with van der Waals surface area (Å²) in [5, 5.41) is 11.1. The number of ether oxygens (including phenoxy) is 1. The smallest absolute Gasteiger partial charge is 0.180 e. The zero-order valence-corrected chi connectivity index (χ0v) is 14.4. The summed E-state index contributed by atoms with van der Waals surface area (Å²) in [4.78, 5) is 2.55. The molecule has 0 bridgehead atoms. The zero-order valence-electron chi connectivity index (χ0n) is 14.4. The molecule has 0 amide bonds. The SMILES string of the molecule is CC1CCCN(CCCOc2ccc(-c3cc[n+]([O-])cc3)cc2)C1. The lowest BCUT2D eigenvalue weighted by atomic mass is 10.0. The van der Waals surface area contributed by atoms with Gasteiger partial charge in [-0.2, -0.15) is 4.73 Å². The molecule has 1 unspecified atom stereocenters. The number of likely N-dealkylation sites (tertiary alicyclic amines) is 1. The molecule has 1 aliphatic heterocycles. The lowest BCUT2D eigenvalue weighted by molar-refractivity contribution is -0.605. The lowest BCUT2D eigenvalue weighted by Crippen LogP contribution is -2.35. The number of aromatic nitrogens is 1. The van der Waals surface area contributed by atoms with E-state index in [1.54, 1.807) is 0 Å². The first-order chi connectivity index (χ1) is 11.7. The largest absolute Gasteiger partial charge is 0.619 e.